The van der Waals surface area contributed by atoms with Gasteiger partial charge in [-0.1, -0.05) is 77.6 Å². The van der Waals surface area contributed by atoms with Crippen LogP contribution in [0, 0.1) is 0 Å². The first-order chi connectivity index (χ1) is 14.0. The van der Waals surface area contributed by atoms with Crippen molar-refractivity contribution < 1.29 is 24.5 Å². The summed E-state index contributed by atoms with van der Waals surface area (Å²) in [5.41, 5.74) is -0.187. The topological polar surface area (TPSA) is 113 Å². The van der Waals surface area contributed by atoms with Crippen LogP contribution >= 0.6 is 0 Å². The average molecular weight is 409 g/mol. The second-order valence-electron chi connectivity index (χ2n) is 7.38. The van der Waals surface area contributed by atoms with E-state index in [0.29, 0.717) is 5.01 Å². The number of carbonyl (C=O) groups is 2. The van der Waals surface area contributed by atoms with E-state index in [1.807, 2.05) is 0 Å². The number of phenolic OH excluding ortho intramolecular Hbond substituents is 2. The molecule has 0 unspecified atom stereocenters. The van der Waals surface area contributed by atoms with Crippen molar-refractivity contribution in [3.05, 3.63) is 23.8 Å². The number of ether oxygens (including phenoxy) is 1. The standard InChI is InChI=1S/C22H36N2O5/c1-2-3-4-5-6-7-8-9-10-11-12-13-16-29-22(28)24(23)21(27)19-15-14-18(25)17-20(19)26/h14-15,17,25-26H,2-13,16,23H2,1H3. The number of carbonyl (C=O) groups excluding carboxylic acids is 2. The van der Waals surface area contributed by atoms with Crippen LogP contribution in [-0.2, 0) is 4.74 Å². The van der Waals surface area contributed by atoms with Gasteiger partial charge < -0.3 is 14.9 Å². The summed E-state index contributed by atoms with van der Waals surface area (Å²) in [4.78, 5) is 24.0. The predicted octanol–water partition coefficient (Wildman–Crippen LogP) is 5.25. The maximum absolute atomic E-state index is 12.1. The molecule has 29 heavy (non-hydrogen) atoms. The Morgan fingerprint density at radius 1 is 0.897 bits per heavy atom. The number of amides is 2. The Labute approximate surface area is 173 Å². The highest BCUT2D eigenvalue weighted by molar-refractivity contribution is 6.04. The molecule has 0 heterocycles. The first kappa shape index (κ1) is 24.8. The number of hydrogen-bond acceptors (Lipinski definition) is 6. The largest absolute Gasteiger partial charge is 0.508 e. The Bertz CT molecular complexity index is 621. The lowest BCUT2D eigenvalue weighted by Crippen LogP contribution is -2.43. The molecule has 0 atom stereocenters. The van der Waals surface area contributed by atoms with Crippen LogP contribution in [0.15, 0.2) is 18.2 Å². The number of phenols is 2. The number of imide groups is 1. The molecule has 1 aromatic rings. The summed E-state index contributed by atoms with van der Waals surface area (Å²) in [6.07, 6.45) is 13.5. The quantitative estimate of drug-likeness (QED) is 0.168. The van der Waals surface area contributed by atoms with Crippen LogP contribution in [0.2, 0.25) is 0 Å². The fraction of sp³-hybridized carbons (Fsp3) is 0.636. The van der Waals surface area contributed by atoms with Gasteiger partial charge in [0.2, 0.25) is 0 Å². The van der Waals surface area contributed by atoms with Crippen LogP contribution in [0.1, 0.15) is 94.3 Å². The summed E-state index contributed by atoms with van der Waals surface area (Å²) in [5, 5.41) is 19.2. The Morgan fingerprint density at radius 3 is 1.93 bits per heavy atom. The molecule has 0 radical (unpaired) electrons. The van der Waals surface area contributed by atoms with Gasteiger partial charge in [-0.3, -0.25) is 4.79 Å². The van der Waals surface area contributed by atoms with Gasteiger partial charge in [0.05, 0.1) is 12.2 Å². The van der Waals surface area contributed by atoms with Gasteiger partial charge >= 0.3 is 6.09 Å². The lowest BCUT2D eigenvalue weighted by molar-refractivity contribution is 0.0653. The van der Waals surface area contributed by atoms with Crippen LogP contribution in [0.5, 0.6) is 11.5 Å². The third-order valence-corrected chi connectivity index (χ3v) is 4.85. The summed E-state index contributed by atoms with van der Waals surface area (Å²) >= 11 is 0. The summed E-state index contributed by atoms with van der Waals surface area (Å²) in [6.45, 7) is 2.43. The van der Waals surface area contributed by atoms with E-state index in [4.69, 9.17) is 10.6 Å². The number of rotatable bonds is 14. The first-order valence-corrected chi connectivity index (χ1v) is 10.7. The van der Waals surface area contributed by atoms with Crippen molar-refractivity contribution in [1.29, 1.82) is 0 Å². The zero-order valence-corrected chi connectivity index (χ0v) is 17.6. The Balaban J connectivity index is 2.08. The molecule has 0 fully saturated rings. The molecule has 0 saturated heterocycles. The maximum Gasteiger partial charge on any atom is 0.431 e. The molecule has 0 aliphatic rings. The van der Waals surface area contributed by atoms with E-state index in [9.17, 15) is 19.8 Å². The molecular weight excluding hydrogens is 372 g/mol. The minimum atomic E-state index is -0.967. The molecule has 0 bridgehead atoms. The summed E-state index contributed by atoms with van der Waals surface area (Å²) < 4.78 is 5.01. The molecule has 164 valence electrons. The smallest absolute Gasteiger partial charge is 0.431 e. The molecule has 0 spiro atoms. The van der Waals surface area contributed by atoms with Gasteiger partial charge in [-0.15, -0.1) is 0 Å². The highest BCUT2D eigenvalue weighted by Crippen LogP contribution is 2.23. The number of aromatic hydroxyl groups is 2. The van der Waals surface area contributed by atoms with Crippen LogP contribution in [-0.4, -0.2) is 33.8 Å². The summed E-state index contributed by atoms with van der Waals surface area (Å²) in [6, 6.07) is 3.41. The Morgan fingerprint density at radius 2 is 1.41 bits per heavy atom. The Kier molecular flexibility index (Phi) is 12.5. The van der Waals surface area contributed by atoms with E-state index in [2.05, 4.69) is 6.92 Å². The van der Waals surface area contributed by atoms with Gasteiger partial charge in [0.25, 0.3) is 5.91 Å². The van der Waals surface area contributed by atoms with Crippen molar-refractivity contribution in [3.63, 3.8) is 0 Å². The number of nitrogens with zero attached hydrogens (tertiary/aromatic N) is 1. The fourth-order valence-electron chi connectivity index (χ4n) is 3.09. The minimum Gasteiger partial charge on any atom is -0.508 e. The van der Waals surface area contributed by atoms with Crippen LogP contribution in [0.25, 0.3) is 0 Å². The molecule has 4 N–H and O–H groups in total. The van der Waals surface area contributed by atoms with Gasteiger partial charge in [0.15, 0.2) is 0 Å². The molecule has 7 nitrogen and oxygen atoms in total. The second kappa shape index (κ2) is 14.7. The van der Waals surface area contributed by atoms with Crippen molar-refractivity contribution in [1.82, 2.24) is 5.01 Å². The van der Waals surface area contributed by atoms with Crippen molar-refractivity contribution in [2.24, 2.45) is 5.84 Å². The minimum absolute atomic E-state index is 0.187. The van der Waals surface area contributed by atoms with Gasteiger partial charge in [0, 0.05) is 6.07 Å². The third-order valence-electron chi connectivity index (χ3n) is 4.85. The molecule has 0 aromatic heterocycles. The van der Waals surface area contributed by atoms with Gasteiger partial charge in [-0.2, -0.15) is 5.01 Å². The highest BCUT2D eigenvalue weighted by atomic mass is 16.6. The normalized spacial score (nSPS) is 10.7. The van der Waals surface area contributed by atoms with E-state index in [1.54, 1.807) is 0 Å². The molecule has 0 aliphatic heterocycles. The van der Waals surface area contributed by atoms with E-state index >= 15 is 0 Å². The monoisotopic (exact) mass is 408 g/mol. The fourth-order valence-corrected chi connectivity index (χ4v) is 3.09. The lowest BCUT2D eigenvalue weighted by atomic mass is 10.1. The zero-order valence-electron chi connectivity index (χ0n) is 17.6. The molecule has 1 rings (SSSR count). The van der Waals surface area contributed by atoms with E-state index in [0.717, 1.165) is 25.3 Å². The SMILES string of the molecule is CCCCCCCCCCCCCCOC(=O)N(N)C(=O)c1ccc(O)cc1O. The Hall–Kier alpha value is -2.28. The predicted molar refractivity (Wildman–Crippen MR) is 113 cm³/mol. The van der Waals surface area contributed by atoms with Crippen LogP contribution in [0.4, 0.5) is 4.79 Å². The van der Waals surface area contributed by atoms with E-state index < -0.39 is 17.7 Å². The van der Waals surface area contributed by atoms with Gasteiger partial charge in [-0.05, 0) is 18.6 Å². The highest BCUT2D eigenvalue weighted by Gasteiger charge is 2.23. The maximum atomic E-state index is 12.1. The van der Waals surface area contributed by atoms with Crippen LogP contribution in [0.3, 0.4) is 0 Å². The lowest BCUT2D eigenvalue weighted by Gasteiger charge is -2.15. The number of nitrogens with two attached hydrogens (primary N) is 1. The van der Waals surface area contributed by atoms with Crippen molar-refractivity contribution >= 4 is 12.0 Å². The number of benzene rings is 1. The van der Waals surface area contributed by atoms with Crippen molar-refractivity contribution in [2.45, 2.75) is 84.0 Å². The zero-order chi connectivity index (χ0) is 21.5. The van der Waals surface area contributed by atoms with Gasteiger partial charge in [0.1, 0.15) is 11.5 Å². The average Bonchev–Trinajstić information content (AvgIpc) is 2.70. The van der Waals surface area contributed by atoms with Crippen molar-refractivity contribution in [3.8, 4) is 11.5 Å². The molecular formula is C22H36N2O5. The van der Waals surface area contributed by atoms with Crippen LogP contribution < -0.4 is 5.84 Å². The summed E-state index contributed by atoms with van der Waals surface area (Å²) in [7, 11) is 0. The number of unbranched alkanes of at least 4 members (excludes halogenated alkanes) is 11. The van der Waals surface area contributed by atoms with E-state index in [1.165, 1.54) is 69.9 Å². The molecule has 2 amide bonds. The molecule has 1 aromatic carbocycles. The molecule has 0 aliphatic carbocycles. The molecule has 7 heteroatoms. The molecule has 0 saturated carbocycles. The van der Waals surface area contributed by atoms with Gasteiger partial charge in [-0.25, -0.2) is 10.6 Å². The second-order valence-corrected chi connectivity index (χ2v) is 7.38. The number of hydrazine groups is 1. The van der Waals surface area contributed by atoms with E-state index in [-0.39, 0.29) is 17.9 Å². The third kappa shape index (κ3) is 10.2. The van der Waals surface area contributed by atoms with Crippen molar-refractivity contribution in [2.75, 3.05) is 6.61 Å². The number of hydrogen-bond donors (Lipinski definition) is 3. The first-order valence-electron chi connectivity index (χ1n) is 10.7. The summed E-state index contributed by atoms with van der Waals surface area (Å²) in [5.74, 6) is 3.93.